The van der Waals surface area contributed by atoms with Gasteiger partial charge in [-0.1, -0.05) is 12.1 Å². The number of carbonyl (C=O) groups is 1. The lowest BCUT2D eigenvalue weighted by atomic mass is 10.00. The number of nitrogens with zero attached hydrogens (tertiary/aromatic N) is 2. The molecule has 0 aliphatic carbocycles. The smallest absolute Gasteiger partial charge is 0.383 e. The predicted molar refractivity (Wildman–Crippen MR) is 103 cm³/mol. The molecule has 0 saturated heterocycles. The molecule has 0 atom stereocenters. The molecular weight excluding hydrogens is 381 g/mol. The van der Waals surface area contributed by atoms with Crippen molar-refractivity contribution in [1.82, 2.24) is 4.98 Å². The number of pyridine rings is 1. The summed E-state index contributed by atoms with van der Waals surface area (Å²) in [5, 5.41) is 11.7. The highest BCUT2D eigenvalue weighted by atomic mass is 19.4. The van der Waals surface area contributed by atoms with Crippen LogP contribution in [0.3, 0.4) is 0 Å². The summed E-state index contributed by atoms with van der Waals surface area (Å²) >= 11 is 0. The molecule has 2 aromatic carbocycles. The lowest BCUT2D eigenvalue weighted by Gasteiger charge is -2.12. The Balaban J connectivity index is 1.91. The number of anilines is 2. The molecule has 0 unspecified atom stereocenters. The molecule has 0 bridgehead atoms. The van der Waals surface area contributed by atoms with Gasteiger partial charge in [0.1, 0.15) is 11.9 Å². The number of hydrogen-bond acceptors (Lipinski definition) is 4. The molecule has 1 aromatic heterocycles. The number of aromatic nitrogens is 1. The Labute approximate surface area is 164 Å². The Morgan fingerprint density at radius 3 is 2.62 bits per heavy atom. The van der Waals surface area contributed by atoms with E-state index >= 15 is 0 Å². The van der Waals surface area contributed by atoms with Crippen molar-refractivity contribution >= 4 is 17.4 Å². The van der Waals surface area contributed by atoms with Gasteiger partial charge in [0.2, 0.25) is 0 Å². The van der Waals surface area contributed by atoms with Gasteiger partial charge in [-0.15, -0.1) is 0 Å². The highest BCUT2D eigenvalue weighted by molar-refractivity contribution is 6.04. The molecule has 8 heteroatoms. The van der Waals surface area contributed by atoms with E-state index in [4.69, 9.17) is 11.0 Å². The standard InChI is InChI=1S/C21H15F3N4O/c1-12-5-6-17(9-18(12)15-7-14(10-25)19(26)27-11-15)28-20(29)13-3-2-4-16(8-13)21(22,23)24/h2-9,11H,1H3,(H2,26,27)(H,28,29). The number of nitrogen functional groups attached to an aromatic ring is 1. The topological polar surface area (TPSA) is 91.8 Å². The first-order valence-corrected chi connectivity index (χ1v) is 8.44. The van der Waals surface area contributed by atoms with E-state index in [1.54, 1.807) is 24.3 Å². The third kappa shape index (κ3) is 4.35. The van der Waals surface area contributed by atoms with Crippen molar-refractivity contribution < 1.29 is 18.0 Å². The number of halogens is 3. The van der Waals surface area contributed by atoms with E-state index in [2.05, 4.69) is 10.3 Å². The number of rotatable bonds is 3. The van der Waals surface area contributed by atoms with Gasteiger partial charge in [-0.25, -0.2) is 4.98 Å². The fourth-order valence-corrected chi connectivity index (χ4v) is 2.76. The van der Waals surface area contributed by atoms with Crippen LogP contribution in [0.5, 0.6) is 0 Å². The summed E-state index contributed by atoms with van der Waals surface area (Å²) in [5.74, 6) is -0.554. The van der Waals surface area contributed by atoms with Crippen LogP contribution in [0.4, 0.5) is 24.7 Å². The van der Waals surface area contributed by atoms with Gasteiger partial charge in [0.15, 0.2) is 0 Å². The maximum absolute atomic E-state index is 12.9. The first kappa shape index (κ1) is 19.9. The normalized spacial score (nSPS) is 11.0. The molecule has 29 heavy (non-hydrogen) atoms. The number of benzene rings is 2. The van der Waals surface area contributed by atoms with Gasteiger partial charge >= 0.3 is 6.18 Å². The van der Waals surface area contributed by atoms with Crippen LogP contribution in [0.25, 0.3) is 11.1 Å². The summed E-state index contributed by atoms with van der Waals surface area (Å²) in [4.78, 5) is 16.4. The van der Waals surface area contributed by atoms with Gasteiger partial charge < -0.3 is 11.1 Å². The van der Waals surface area contributed by atoms with Gasteiger partial charge in [-0.05, 0) is 54.4 Å². The Hall–Kier alpha value is -3.86. The van der Waals surface area contributed by atoms with Gasteiger partial charge in [-0.2, -0.15) is 18.4 Å². The number of nitrogens with one attached hydrogen (secondary N) is 1. The van der Waals surface area contributed by atoms with Crippen molar-refractivity contribution in [2.24, 2.45) is 0 Å². The molecule has 0 radical (unpaired) electrons. The largest absolute Gasteiger partial charge is 0.416 e. The second-order valence-electron chi connectivity index (χ2n) is 6.33. The molecular formula is C21H15F3N4O. The average molecular weight is 396 g/mol. The molecule has 0 fully saturated rings. The van der Waals surface area contributed by atoms with E-state index in [0.717, 1.165) is 17.7 Å². The van der Waals surface area contributed by atoms with E-state index < -0.39 is 17.6 Å². The summed E-state index contributed by atoms with van der Waals surface area (Å²) in [6.45, 7) is 1.84. The Morgan fingerprint density at radius 1 is 1.17 bits per heavy atom. The Morgan fingerprint density at radius 2 is 1.93 bits per heavy atom. The van der Waals surface area contributed by atoms with Crippen LogP contribution >= 0.6 is 0 Å². The third-order valence-electron chi connectivity index (χ3n) is 4.30. The van der Waals surface area contributed by atoms with Crippen LogP contribution in [0.1, 0.15) is 27.0 Å². The van der Waals surface area contributed by atoms with Crippen LogP contribution in [0.2, 0.25) is 0 Å². The first-order chi connectivity index (χ1) is 13.7. The zero-order valence-electron chi connectivity index (χ0n) is 15.2. The minimum atomic E-state index is -4.53. The van der Waals surface area contributed by atoms with Crippen molar-refractivity contribution in [2.45, 2.75) is 13.1 Å². The number of nitriles is 1. The van der Waals surface area contributed by atoms with Crippen molar-refractivity contribution in [3.05, 3.63) is 77.0 Å². The fourth-order valence-electron chi connectivity index (χ4n) is 2.76. The molecule has 146 valence electrons. The molecule has 0 saturated carbocycles. The number of aryl methyl sites for hydroxylation is 1. The SMILES string of the molecule is Cc1ccc(NC(=O)c2cccc(C(F)(F)F)c2)cc1-c1cnc(N)c(C#N)c1. The quantitative estimate of drug-likeness (QED) is 0.666. The molecule has 1 amide bonds. The summed E-state index contributed by atoms with van der Waals surface area (Å²) in [7, 11) is 0. The van der Waals surface area contributed by atoms with Crippen LogP contribution in [0.15, 0.2) is 54.7 Å². The predicted octanol–water partition coefficient (Wildman–Crippen LogP) is 4.78. The number of alkyl halides is 3. The molecule has 5 nitrogen and oxygen atoms in total. The highest BCUT2D eigenvalue weighted by Crippen LogP contribution is 2.30. The monoisotopic (exact) mass is 396 g/mol. The Bertz CT molecular complexity index is 1130. The van der Waals surface area contributed by atoms with E-state index in [9.17, 15) is 18.0 Å². The molecule has 0 spiro atoms. The zero-order chi connectivity index (χ0) is 21.2. The van der Waals surface area contributed by atoms with Crippen molar-refractivity contribution in [3.63, 3.8) is 0 Å². The van der Waals surface area contributed by atoms with Crippen LogP contribution in [-0.2, 0) is 6.18 Å². The fraction of sp³-hybridized carbons (Fsp3) is 0.0952. The number of nitrogens with two attached hydrogens (primary N) is 1. The van der Waals surface area contributed by atoms with Crippen LogP contribution in [-0.4, -0.2) is 10.9 Å². The van der Waals surface area contributed by atoms with Crippen LogP contribution in [0, 0.1) is 18.3 Å². The van der Waals surface area contributed by atoms with Crippen molar-refractivity contribution in [1.29, 1.82) is 5.26 Å². The molecule has 0 aliphatic heterocycles. The molecule has 0 aliphatic rings. The highest BCUT2D eigenvalue weighted by Gasteiger charge is 2.30. The molecule has 1 heterocycles. The van der Waals surface area contributed by atoms with Gasteiger partial charge in [0.25, 0.3) is 5.91 Å². The minimum Gasteiger partial charge on any atom is -0.383 e. The third-order valence-corrected chi connectivity index (χ3v) is 4.30. The molecule has 3 aromatic rings. The van der Waals surface area contributed by atoms with Crippen molar-refractivity contribution in [2.75, 3.05) is 11.1 Å². The average Bonchev–Trinajstić information content (AvgIpc) is 2.69. The first-order valence-electron chi connectivity index (χ1n) is 8.44. The lowest BCUT2D eigenvalue weighted by Crippen LogP contribution is -2.14. The van der Waals surface area contributed by atoms with E-state index in [1.165, 1.54) is 18.3 Å². The number of carbonyl (C=O) groups excluding carboxylic acids is 1. The number of hydrogen-bond donors (Lipinski definition) is 2. The lowest BCUT2D eigenvalue weighted by molar-refractivity contribution is -0.137. The van der Waals surface area contributed by atoms with Gasteiger partial charge in [0.05, 0.1) is 11.1 Å². The van der Waals surface area contributed by atoms with Gasteiger partial charge in [-0.3, -0.25) is 4.79 Å². The summed E-state index contributed by atoms with van der Waals surface area (Å²) in [6.07, 6.45) is -3.02. The summed E-state index contributed by atoms with van der Waals surface area (Å²) < 4.78 is 38.6. The van der Waals surface area contributed by atoms with E-state index in [0.29, 0.717) is 16.8 Å². The molecule has 3 rings (SSSR count). The summed E-state index contributed by atoms with van der Waals surface area (Å²) in [6, 6.07) is 12.8. The number of amides is 1. The second kappa shape index (κ2) is 7.64. The second-order valence-corrected chi connectivity index (χ2v) is 6.33. The maximum Gasteiger partial charge on any atom is 0.416 e. The summed E-state index contributed by atoms with van der Waals surface area (Å²) in [5.41, 5.74) is 7.45. The maximum atomic E-state index is 12.9. The van der Waals surface area contributed by atoms with Crippen LogP contribution < -0.4 is 11.1 Å². The minimum absolute atomic E-state index is 0.108. The van der Waals surface area contributed by atoms with Crippen molar-refractivity contribution in [3.8, 4) is 17.2 Å². The van der Waals surface area contributed by atoms with Gasteiger partial charge in [0, 0.05) is 23.0 Å². The zero-order valence-corrected chi connectivity index (χ0v) is 15.2. The molecule has 3 N–H and O–H groups in total. The van der Waals surface area contributed by atoms with E-state index in [1.807, 2.05) is 13.0 Å². The van der Waals surface area contributed by atoms with E-state index in [-0.39, 0.29) is 16.9 Å². The Kier molecular flexibility index (Phi) is 5.24.